The lowest BCUT2D eigenvalue weighted by atomic mass is 10.2. The zero-order chi connectivity index (χ0) is 18.4. The number of ether oxygens (including phenoxy) is 1. The van der Waals surface area contributed by atoms with Crippen LogP contribution < -0.4 is 5.32 Å². The molecule has 2 amide bonds. The summed E-state index contributed by atoms with van der Waals surface area (Å²) >= 11 is 6.03. The second-order valence-electron chi connectivity index (χ2n) is 5.70. The van der Waals surface area contributed by atoms with Gasteiger partial charge >= 0.3 is 18.0 Å². The van der Waals surface area contributed by atoms with Crippen LogP contribution in [0.15, 0.2) is 18.2 Å². The van der Waals surface area contributed by atoms with Crippen molar-refractivity contribution in [2.75, 3.05) is 18.9 Å². The zero-order valence-electron chi connectivity index (χ0n) is 14.0. The van der Waals surface area contributed by atoms with Gasteiger partial charge in [0.1, 0.15) is 0 Å². The highest BCUT2D eigenvalue weighted by molar-refractivity contribution is 6.33. The highest BCUT2D eigenvalue weighted by Gasteiger charge is 2.19. The number of esters is 1. The van der Waals surface area contributed by atoms with E-state index in [0.717, 1.165) is 0 Å². The van der Waals surface area contributed by atoms with Gasteiger partial charge in [0.15, 0.2) is 0 Å². The molecule has 0 aliphatic carbocycles. The number of amides is 2. The molecule has 0 heterocycles. The summed E-state index contributed by atoms with van der Waals surface area (Å²) in [6, 6.07) is 3.87. The number of halogens is 1. The number of hydrogen-bond acceptors (Lipinski definition) is 4. The molecule has 0 spiro atoms. The molecule has 132 valence electrons. The Morgan fingerprint density at radius 2 is 1.92 bits per heavy atom. The van der Waals surface area contributed by atoms with Gasteiger partial charge in [0.2, 0.25) is 0 Å². The minimum absolute atomic E-state index is 0.0356. The lowest BCUT2D eigenvalue weighted by Gasteiger charge is -2.20. The quantitative estimate of drug-likeness (QED) is 0.763. The summed E-state index contributed by atoms with van der Waals surface area (Å²) in [5.74, 6) is -2.22. The van der Waals surface area contributed by atoms with Crippen LogP contribution in [-0.2, 0) is 9.53 Å². The summed E-state index contributed by atoms with van der Waals surface area (Å²) in [4.78, 5) is 36.1. The van der Waals surface area contributed by atoms with Gasteiger partial charge in [-0.1, -0.05) is 18.5 Å². The first-order valence-corrected chi connectivity index (χ1v) is 7.75. The van der Waals surface area contributed by atoms with Crippen molar-refractivity contribution in [3.63, 3.8) is 0 Å². The molecular formula is C16H21ClN2O5. The Labute approximate surface area is 145 Å². The number of aliphatic carboxylic acids is 1. The van der Waals surface area contributed by atoms with Crippen LogP contribution in [0.25, 0.3) is 0 Å². The maximum atomic E-state index is 12.1. The zero-order valence-corrected chi connectivity index (χ0v) is 14.8. The van der Waals surface area contributed by atoms with E-state index in [9.17, 15) is 14.4 Å². The van der Waals surface area contributed by atoms with Crippen LogP contribution in [0.5, 0.6) is 0 Å². The molecule has 1 aromatic carbocycles. The van der Waals surface area contributed by atoms with Crippen molar-refractivity contribution in [3.05, 3.63) is 28.8 Å². The van der Waals surface area contributed by atoms with Crippen molar-refractivity contribution in [1.82, 2.24) is 4.90 Å². The van der Waals surface area contributed by atoms with Crippen molar-refractivity contribution >= 4 is 35.3 Å². The largest absolute Gasteiger partial charge is 0.481 e. The van der Waals surface area contributed by atoms with Gasteiger partial charge in [-0.15, -0.1) is 0 Å². The van der Waals surface area contributed by atoms with Gasteiger partial charge < -0.3 is 20.1 Å². The van der Waals surface area contributed by atoms with E-state index < -0.39 is 23.9 Å². The molecule has 1 atom stereocenters. The molecule has 0 fully saturated rings. The van der Waals surface area contributed by atoms with E-state index in [2.05, 4.69) is 5.32 Å². The number of anilines is 1. The van der Waals surface area contributed by atoms with Crippen LogP contribution in [0.2, 0.25) is 5.02 Å². The third kappa shape index (κ3) is 5.73. The first kappa shape index (κ1) is 19.8. The molecule has 1 rings (SSSR count). The third-order valence-corrected chi connectivity index (χ3v) is 3.43. The fourth-order valence-electron chi connectivity index (χ4n) is 1.81. The summed E-state index contributed by atoms with van der Waals surface area (Å²) in [6.07, 6.45) is -0.269. The number of urea groups is 1. The van der Waals surface area contributed by atoms with Crippen LogP contribution in [0.3, 0.4) is 0 Å². The van der Waals surface area contributed by atoms with Gasteiger partial charge in [0.05, 0.1) is 28.3 Å². The van der Waals surface area contributed by atoms with Crippen molar-refractivity contribution in [3.8, 4) is 0 Å². The van der Waals surface area contributed by atoms with Gasteiger partial charge in [0.25, 0.3) is 0 Å². The second-order valence-corrected chi connectivity index (χ2v) is 6.11. The normalized spacial score (nSPS) is 11.8. The number of hydrogen-bond donors (Lipinski definition) is 2. The minimum Gasteiger partial charge on any atom is -0.481 e. The average Bonchev–Trinajstić information content (AvgIpc) is 2.48. The SMILES string of the molecule is CC(C)OC(=O)c1ccc(Cl)c(NC(=O)N(C)CC(C)C(=O)O)c1. The number of carboxylic acid groups (broad SMARTS) is 1. The Hall–Kier alpha value is -2.28. The number of carboxylic acids is 1. The first-order chi connectivity index (χ1) is 11.1. The molecule has 0 bridgehead atoms. The highest BCUT2D eigenvalue weighted by Crippen LogP contribution is 2.24. The number of benzene rings is 1. The van der Waals surface area contributed by atoms with Crippen molar-refractivity contribution in [2.45, 2.75) is 26.9 Å². The van der Waals surface area contributed by atoms with E-state index in [1.165, 1.54) is 37.1 Å². The molecular weight excluding hydrogens is 336 g/mol. The highest BCUT2D eigenvalue weighted by atomic mass is 35.5. The number of carbonyl (C=O) groups excluding carboxylic acids is 2. The van der Waals surface area contributed by atoms with Crippen LogP contribution in [0, 0.1) is 5.92 Å². The molecule has 0 saturated heterocycles. The maximum Gasteiger partial charge on any atom is 0.338 e. The van der Waals surface area contributed by atoms with E-state index in [4.69, 9.17) is 21.4 Å². The van der Waals surface area contributed by atoms with Gasteiger partial charge in [-0.05, 0) is 32.0 Å². The Morgan fingerprint density at radius 3 is 2.46 bits per heavy atom. The summed E-state index contributed by atoms with van der Waals surface area (Å²) in [7, 11) is 1.47. The lowest BCUT2D eigenvalue weighted by Crippen LogP contribution is -2.36. The van der Waals surface area contributed by atoms with E-state index in [1.807, 2.05) is 0 Å². The fraction of sp³-hybridized carbons (Fsp3) is 0.438. The molecule has 0 saturated carbocycles. The van der Waals surface area contributed by atoms with Crippen LogP contribution in [0.4, 0.5) is 10.5 Å². The molecule has 1 aromatic rings. The fourth-order valence-corrected chi connectivity index (χ4v) is 1.98. The first-order valence-electron chi connectivity index (χ1n) is 7.37. The molecule has 7 nitrogen and oxygen atoms in total. The van der Waals surface area contributed by atoms with Crippen LogP contribution >= 0.6 is 11.6 Å². The van der Waals surface area contributed by atoms with Gasteiger partial charge in [-0.3, -0.25) is 4.79 Å². The number of rotatable bonds is 6. The predicted octanol–water partition coefficient (Wildman–Crippen LogP) is 3.09. The molecule has 0 aliphatic rings. The summed E-state index contributed by atoms with van der Waals surface area (Å²) in [6.45, 7) is 5.00. The number of nitrogens with one attached hydrogen (secondary N) is 1. The average molecular weight is 357 g/mol. The number of carbonyl (C=O) groups is 3. The molecule has 0 aliphatic heterocycles. The molecule has 24 heavy (non-hydrogen) atoms. The second kappa shape index (κ2) is 8.54. The predicted molar refractivity (Wildman–Crippen MR) is 90.5 cm³/mol. The summed E-state index contributed by atoms with van der Waals surface area (Å²) in [5, 5.41) is 11.7. The molecule has 0 radical (unpaired) electrons. The van der Waals surface area contributed by atoms with Crippen LogP contribution in [0.1, 0.15) is 31.1 Å². The van der Waals surface area contributed by atoms with Gasteiger partial charge in [-0.25, -0.2) is 9.59 Å². The lowest BCUT2D eigenvalue weighted by molar-refractivity contribution is -0.141. The standard InChI is InChI=1S/C16H21ClN2O5/c1-9(2)24-15(22)11-5-6-12(17)13(7-11)18-16(23)19(4)8-10(3)14(20)21/h5-7,9-10H,8H2,1-4H3,(H,18,23)(H,20,21). The smallest absolute Gasteiger partial charge is 0.338 e. The molecule has 8 heteroatoms. The summed E-state index contributed by atoms with van der Waals surface area (Å²) in [5.41, 5.74) is 0.500. The molecule has 1 unspecified atom stereocenters. The molecule has 0 aromatic heterocycles. The third-order valence-electron chi connectivity index (χ3n) is 3.10. The van der Waals surface area contributed by atoms with E-state index in [0.29, 0.717) is 0 Å². The minimum atomic E-state index is -0.994. The van der Waals surface area contributed by atoms with Crippen molar-refractivity contribution < 1.29 is 24.2 Å². The van der Waals surface area contributed by atoms with Gasteiger partial charge in [0, 0.05) is 13.6 Å². The number of nitrogens with zero attached hydrogens (tertiary/aromatic N) is 1. The Balaban J connectivity index is 2.84. The Kier molecular flexibility index (Phi) is 7.03. The Morgan fingerprint density at radius 1 is 1.29 bits per heavy atom. The topological polar surface area (TPSA) is 95.9 Å². The van der Waals surface area contributed by atoms with E-state index in [1.54, 1.807) is 13.8 Å². The van der Waals surface area contributed by atoms with Crippen molar-refractivity contribution in [2.24, 2.45) is 5.92 Å². The monoisotopic (exact) mass is 356 g/mol. The van der Waals surface area contributed by atoms with E-state index in [-0.39, 0.29) is 28.9 Å². The molecule has 2 N–H and O–H groups in total. The van der Waals surface area contributed by atoms with Crippen molar-refractivity contribution in [1.29, 1.82) is 0 Å². The maximum absolute atomic E-state index is 12.1. The van der Waals surface area contributed by atoms with Crippen LogP contribution in [-0.4, -0.2) is 47.7 Å². The van der Waals surface area contributed by atoms with Gasteiger partial charge in [-0.2, -0.15) is 0 Å². The summed E-state index contributed by atoms with van der Waals surface area (Å²) < 4.78 is 5.09. The van der Waals surface area contributed by atoms with E-state index >= 15 is 0 Å². The Bertz CT molecular complexity index is 633.